The Morgan fingerprint density at radius 1 is 1.21 bits per heavy atom. The van der Waals surface area contributed by atoms with E-state index >= 15 is 0 Å². The van der Waals surface area contributed by atoms with Crippen molar-refractivity contribution in [1.29, 1.82) is 0 Å². The summed E-state index contributed by atoms with van der Waals surface area (Å²) in [6, 6.07) is 2.97. The Bertz CT molecular complexity index is 763. The largest absolute Gasteiger partial charge is 0.463 e. The molecule has 8 nitrogen and oxygen atoms in total. The summed E-state index contributed by atoms with van der Waals surface area (Å²) in [6.07, 6.45) is 0. The highest BCUT2D eigenvalue weighted by molar-refractivity contribution is 6.36. The molecule has 1 amide bonds. The molecule has 24 heavy (non-hydrogen) atoms. The Balaban J connectivity index is 1.78. The van der Waals surface area contributed by atoms with Gasteiger partial charge in [0.25, 0.3) is 11.8 Å². The zero-order chi connectivity index (χ0) is 17.7. The van der Waals surface area contributed by atoms with Gasteiger partial charge in [0, 0.05) is 6.07 Å². The van der Waals surface area contributed by atoms with Crippen molar-refractivity contribution in [2.24, 2.45) is 0 Å². The predicted molar refractivity (Wildman–Crippen MR) is 85.3 cm³/mol. The lowest BCUT2D eigenvalue weighted by Crippen LogP contribution is -2.24. The molecule has 0 saturated heterocycles. The SMILES string of the molecule is Cc1cc(OCC(=O)OCC(=O)Nc2nc(C)c(Cl)cc2Cl)no1. The van der Waals surface area contributed by atoms with Crippen LogP contribution in [0, 0.1) is 13.8 Å². The molecule has 0 aliphatic heterocycles. The van der Waals surface area contributed by atoms with Gasteiger partial charge in [-0.3, -0.25) is 4.79 Å². The standard InChI is InChI=1S/C14H13Cl2N3O5/c1-7-3-12(19-24-7)22-6-13(21)23-5-11(20)18-14-10(16)4-9(15)8(2)17-14/h3-4H,5-6H2,1-2H3,(H,17,18,20). The van der Waals surface area contributed by atoms with Gasteiger partial charge in [0.15, 0.2) is 19.0 Å². The van der Waals surface area contributed by atoms with Crippen LogP contribution in [-0.4, -0.2) is 35.2 Å². The maximum Gasteiger partial charge on any atom is 0.344 e. The number of amides is 1. The molecule has 0 aliphatic carbocycles. The number of esters is 1. The monoisotopic (exact) mass is 373 g/mol. The molecule has 0 radical (unpaired) electrons. The predicted octanol–water partition coefficient (Wildman–Crippen LogP) is 2.55. The molecule has 0 atom stereocenters. The zero-order valence-corrected chi connectivity index (χ0v) is 14.3. The molecule has 0 aliphatic rings. The number of ether oxygens (including phenoxy) is 2. The summed E-state index contributed by atoms with van der Waals surface area (Å²) in [4.78, 5) is 27.3. The Kier molecular flexibility index (Phi) is 5.99. The van der Waals surface area contributed by atoms with Gasteiger partial charge in [-0.15, -0.1) is 0 Å². The summed E-state index contributed by atoms with van der Waals surface area (Å²) in [7, 11) is 0. The highest BCUT2D eigenvalue weighted by atomic mass is 35.5. The van der Waals surface area contributed by atoms with Crippen LogP contribution in [-0.2, 0) is 14.3 Å². The second-order valence-electron chi connectivity index (χ2n) is 4.66. The summed E-state index contributed by atoms with van der Waals surface area (Å²) < 4.78 is 14.6. The van der Waals surface area contributed by atoms with Crippen LogP contribution in [0.15, 0.2) is 16.7 Å². The van der Waals surface area contributed by atoms with Crippen molar-refractivity contribution in [2.45, 2.75) is 13.8 Å². The van der Waals surface area contributed by atoms with E-state index < -0.39 is 25.1 Å². The molecule has 2 heterocycles. The molecular weight excluding hydrogens is 361 g/mol. The quantitative estimate of drug-likeness (QED) is 0.775. The van der Waals surface area contributed by atoms with Crippen molar-refractivity contribution in [3.8, 4) is 5.88 Å². The van der Waals surface area contributed by atoms with Crippen molar-refractivity contribution in [2.75, 3.05) is 18.5 Å². The third-order valence-electron chi connectivity index (χ3n) is 2.67. The van der Waals surface area contributed by atoms with E-state index in [0.717, 1.165) is 0 Å². The highest BCUT2D eigenvalue weighted by Gasteiger charge is 2.13. The Labute approximate surface area is 147 Å². The van der Waals surface area contributed by atoms with E-state index in [1.165, 1.54) is 12.1 Å². The second-order valence-corrected chi connectivity index (χ2v) is 5.47. The van der Waals surface area contributed by atoms with Gasteiger partial charge in [-0.25, -0.2) is 9.78 Å². The van der Waals surface area contributed by atoms with Gasteiger partial charge >= 0.3 is 5.97 Å². The number of nitrogens with one attached hydrogen (secondary N) is 1. The van der Waals surface area contributed by atoms with E-state index in [4.69, 9.17) is 37.2 Å². The van der Waals surface area contributed by atoms with Gasteiger partial charge in [-0.1, -0.05) is 23.2 Å². The third kappa shape index (κ3) is 5.10. The van der Waals surface area contributed by atoms with Gasteiger partial charge in [0.1, 0.15) is 5.76 Å². The number of pyridine rings is 1. The molecule has 128 valence electrons. The maximum atomic E-state index is 11.8. The van der Waals surface area contributed by atoms with Crippen LogP contribution in [0.2, 0.25) is 10.0 Å². The van der Waals surface area contributed by atoms with Crippen LogP contribution in [0.25, 0.3) is 0 Å². The van der Waals surface area contributed by atoms with E-state index in [1.54, 1.807) is 13.8 Å². The van der Waals surface area contributed by atoms with Crippen LogP contribution in [0.5, 0.6) is 5.88 Å². The topological polar surface area (TPSA) is 104 Å². The van der Waals surface area contributed by atoms with Crippen LogP contribution < -0.4 is 10.1 Å². The average Bonchev–Trinajstić information content (AvgIpc) is 2.94. The first-order valence-electron chi connectivity index (χ1n) is 6.69. The Hall–Kier alpha value is -2.32. The highest BCUT2D eigenvalue weighted by Crippen LogP contribution is 2.25. The molecule has 0 bridgehead atoms. The molecule has 1 N–H and O–H groups in total. The van der Waals surface area contributed by atoms with Gasteiger partial charge in [-0.2, -0.15) is 0 Å². The van der Waals surface area contributed by atoms with Gasteiger partial charge in [0.2, 0.25) is 0 Å². The first-order valence-corrected chi connectivity index (χ1v) is 7.45. The minimum atomic E-state index is -0.739. The van der Waals surface area contributed by atoms with Crippen molar-refractivity contribution in [3.63, 3.8) is 0 Å². The normalized spacial score (nSPS) is 10.3. The van der Waals surface area contributed by atoms with E-state index in [2.05, 4.69) is 15.5 Å². The van der Waals surface area contributed by atoms with E-state index in [9.17, 15) is 9.59 Å². The van der Waals surface area contributed by atoms with Crippen LogP contribution >= 0.6 is 23.2 Å². The molecule has 0 saturated carbocycles. The fourth-order valence-corrected chi connectivity index (χ4v) is 1.95. The summed E-state index contributed by atoms with van der Waals surface area (Å²) >= 11 is 11.8. The molecule has 0 spiro atoms. The molecular formula is C14H13Cl2N3O5. The van der Waals surface area contributed by atoms with Crippen molar-refractivity contribution in [1.82, 2.24) is 10.1 Å². The number of halogens is 2. The van der Waals surface area contributed by atoms with Crippen molar-refractivity contribution >= 4 is 40.9 Å². The van der Waals surface area contributed by atoms with Crippen LogP contribution in [0.3, 0.4) is 0 Å². The minimum Gasteiger partial charge on any atom is -0.463 e. The number of aromatic nitrogens is 2. The number of anilines is 1. The molecule has 2 aromatic heterocycles. The molecule has 0 unspecified atom stereocenters. The minimum absolute atomic E-state index is 0.133. The van der Waals surface area contributed by atoms with Gasteiger partial charge in [0.05, 0.1) is 15.7 Å². The van der Waals surface area contributed by atoms with E-state index in [0.29, 0.717) is 16.5 Å². The number of nitrogens with zero attached hydrogens (tertiary/aromatic N) is 2. The second kappa shape index (κ2) is 7.98. The van der Waals surface area contributed by atoms with Crippen molar-refractivity contribution < 1.29 is 23.6 Å². The van der Waals surface area contributed by atoms with Crippen LogP contribution in [0.4, 0.5) is 5.82 Å². The lowest BCUT2D eigenvalue weighted by Gasteiger charge is -2.09. The van der Waals surface area contributed by atoms with Crippen molar-refractivity contribution in [3.05, 3.63) is 33.6 Å². The first-order chi connectivity index (χ1) is 11.3. The number of hydrogen-bond donors (Lipinski definition) is 1. The van der Waals surface area contributed by atoms with E-state index in [-0.39, 0.29) is 16.7 Å². The summed E-state index contributed by atoms with van der Waals surface area (Å²) in [5.74, 6) is -0.509. The molecule has 2 aromatic rings. The summed E-state index contributed by atoms with van der Waals surface area (Å²) in [5, 5.41) is 6.53. The summed E-state index contributed by atoms with van der Waals surface area (Å²) in [5.41, 5.74) is 0.504. The number of carbonyl (C=O) groups excluding carboxylic acids is 2. The lowest BCUT2D eigenvalue weighted by molar-refractivity contribution is -0.149. The smallest absolute Gasteiger partial charge is 0.344 e. The summed E-state index contributed by atoms with van der Waals surface area (Å²) in [6.45, 7) is 2.43. The van der Waals surface area contributed by atoms with E-state index in [1.807, 2.05) is 0 Å². The fraction of sp³-hybridized carbons (Fsp3) is 0.286. The molecule has 10 heteroatoms. The zero-order valence-electron chi connectivity index (χ0n) is 12.8. The fourth-order valence-electron chi connectivity index (χ4n) is 1.55. The average molecular weight is 374 g/mol. The lowest BCUT2D eigenvalue weighted by atomic mass is 10.3. The third-order valence-corrected chi connectivity index (χ3v) is 3.34. The number of rotatable bonds is 6. The van der Waals surface area contributed by atoms with Crippen LogP contribution in [0.1, 0.15) is 11.5 Å². The number of carbonyl (C=O) groups is 2. The van der Waals surface area contributed by atoms with Gasteiger partial charge < -0.3 is 19.3 Å². The Morgan fingerprint density at radius 3 is 2.62 bits per heavy atom. The Morgan fingerprint density at radius 2 is 1.96 bits per heavy atom. The molecule has 0 aromatic carbocycles. The first kappa shape index (κ1) is 18.0. The maximum absolute atomic E-state index is 11.8. The van der Waals surface area contributed by atoms with Gasteiger partial charge in [-0.05, 0) is 25.1 Å². The number of hydrogen-bond acceptors (Lipinski definition) is 7. The molecule has 0 fully saturated rings. The number of aryl methyl sites for hydroxylation is 2. The molecule has 2 rings (SSSR count).